The first-order valence-corrected chi connectivity index (χ1v) is 8.89. The molecule has 26 heavy (non-hydrogen) atoms. The summed E-state index contributed by atoms with van der Waals surface area (Å²) in [5.74, 6) is 0.275. The average Bonchev–Trinajstić information content (AvgIpc) is 3.01. The number of nitrogens with zero attached hydrogens (tertiary/aromatic N) is 1. The molecular weight excluding hydrogens is 328 g/mol. The van der Waals surface area contributed by atoms with E-state index in [0.29, 0.717) is 18.8 Å². The van der Waals surface area contributed by atoms with Crippen LogP contribution in [0.15, 0.2) is 42.5 Å². The summed E-state index contributed by atoms with van der Waals surface area (Å²) in [6.07, 6.45) is 0.232. The average molecular weight is 352 g/mol. The van der Waals surface area contributed by atoms with Crippen LogP contribution >= 0.6 is 0 Å². The van der Waals surface area contributed by atoms with Crippen molar-refractivity contribution in [1.82, 2.24) is 0 Å². The van der Waals surface area contributed by atoms with Crippen molar-refractivity contribution >= 4 is 23.2 Å². The van der Waals surface area contributed by atoms with Gasteiger partial charge >= 0.3 is 0 Å². The van der Waals surface area contributed by atoms with E-state index in [2.05, 4.69) is 5.32 Å². The molecule has 1 fully saturated rings. The predicted octanol–water partition coefficient (Wildman–Crippen LogP) is 3.69. The van der Waals surface area contributed by atoms with Crippen LogP contribution < -0.4 is 15.0 Å². The quantitative estimate of drug-likeness (QED) is 0.893. The fourth-order valence-electron chi connectivity index (χ4n) is 3.17. The molecule has 2 aromatic rings. The largest absolute Gasteiger partial charge is 0.494 e. The molecule has 136 valence electrons. The Morgan fingerprint density at radius 3 is 2.62 bits per heavy atom. The van der Waals surface area contributed by atoms with Gasteiger partial charge in [0.25, 0.3) is 0 Å². The lowest BCUT2D eigenvalue weighted by Gasteiger charge is -2.19. The van der Waals surface area contributed by atoms with Crippen LogP contribution in [0, 0.1) is 19.8 Å². The van der Waals surface area contributed by atoms with Crippen molar-refractivity contribution in [3.63, 3.8) is 0 Å². The zero-order chi connectivity index (χ0) is 18.7. The van der Waals surface area contributed by atoms with Gasteiger partial charge in [-0.05, 0) is 62.2 Å². The highest BCUT2D eigenvalue weighted by atomic mass is 16.5. The molecule has 1 N–H and O–H groups in total. The van der Waals surface area contributed by atoms with E-state index in [4.69, 9.17) is 4.74 Å². The van der Waals surface area contributed by atoms with E-state index in [-0.39, 0.29) is 24.2 Å². The minimum Gasteiger partial charge on any atom is -0.494 e. The van der Waals surface area contributed by atoms with Gasteiger partial charge in [0.2, 0.25) is 11.8 Å². The van der Waals surface area contributed by atoms with E-state index < -0.39 is 0 Å². The Morgan fingerprint density at radius 1 is 1.19 bits per heavy atom. The van der Waals surface area contributed by atoms with Gasteiger partial charge in [-0.15, -0.1) is 0 Å². The summed E-state index contributed by atoms with van der Waals surface area (Å²) >= 11 is 0. The standard InChI is InChI=1S/C21H24N2O3/c1-4-26-18-9-7-17(8-10-18)22-21(25)16-12-20(24)23(13-16)19-11-14(2)5-6-15(19)3/h5-11,16H,4,12-13H2,1-3H3,(H,22,25)/t16-/m1/s1. The predicted molar refractivity (Wildman–Crippen MR) is 103 cm³/mol. The summed E-state index contributed by atoms with van der Waals surface area (Å²) in [5, 5.41) is 2.90. The first-order valence-electron chi connectivity index (χ1n) is 8.89. The Balaban J connectivity index is 1.68. The summed E-state index contributed by atoms with van der Waals surface area (Å²) in [6.45, 7) is 6.92. The fourth-order valence-corrected chi connectivity index (χ4v) is 3.17. The monoisotopic (exact) mass is 352 g/mol. The molecule has 0 spiro atoms. The molecular formula is C21H24N2O3. The van der Waals surface area contributed by atoms with Crippen LogP contribution in [0.5, 0.6) is 5.75 Å². The highest BCUT2D eigenvalue weighted by molar-refractivity contribution is 6.03. The molecule has 3 rings (SSSR count). The van der Waals surface area contributed by atoms with Crippen LogP contribution in [0.2, 0.25) is 0 Å². The van der Waals surface area contributed by atoms with Gasteiger partial charge in [-0.2, -0.15) is 0 Å². The normalized spacial score (nSPS) is 16.7. The Morgan fingerprint density at radius 2 is 1.92 bits per heavy atom. The second-order valence-electron chi connectivity index (χ2n) is 6.64. The van der Waals surface area contributed by atoms with Crippen molar-refractivity contribution in [3.8, 4) is 5.75 Å². The van der Waals surface area contributed by atoms with Crippen LogP contribution in [0.4, 0.5) is 11.4 Å². The number of hydrogen-bond donors (Lipinski definition) is 1. The van der Waals surface area contributed by atoms with Crippen LogP contribution in [-0.2, 0) is 9.59 Å². The molecule has 2 aromatic carbocycles. The van der Waals surface area contributed by atoms with Gasteiger partial charge in [0.1, 0.15) is 5.75 Å². The molecule has 0 unspecified atom stereocenters. The van der Waals surface area contributed by atoms with Crippen LogP contribution in [0.1, 0.15) is 24.5 Å². The summed E-state index contributed by atoms with van der Waals surface area (Å²) in [6, 6.07) is 13.3. The van der Waals surface area contributed by atoms with Crippen LogP contribution in [0.25, 0.3) is 0 Å². The van der Waals surface area contributed by atoms with Crippen LogP contribution in [-0.4, -0.2) is 25.0 Å². The summed E-state index contributed by atoms with van der Waals surface area (Å²) in [4.78, 5) is 26.8. The van der Waals surface area contributed by atoms with E-state index in [1.165, 1.54) is 0 Å². The maximum atomic E-state index is 12.6. The van der Waals surface area contributed by atoms with E-state index in [1.54, 1.807) is 4.90 Å². The Bertz CT molecular complexity index is 815. The molecule has 0 saturated carbocycles. The van der Waals surface area contributed by atoms with E-state index in [9.17, 15) is 9.59 Å². The maximum absolute atomic E-state index is 12.6. The lowest BCUT2D eigenvalue weighted by atomic mass is 10.1. The molecule has 0 aliphatic carbocycles. The summed E-state index contributed by atoms with van der Waals surface area (Å²) in [7, 11) is 0. The molecule has 1 aliphatic heterocycles. The molecule has 2 amide bonds. The minimum atomic E-state index is -0.353. The van der Waals surface area contributed by atoms with Gasteiger partial charge in [0, 0.05) is 24.3 Å². The van der Waals surface area contributed by atoms with Gasteiger partial charge in [0.15, 0.2) is 0 Å². The molecule has 0 bridgehead atoms. The number of rotatable bonds is 5. The molecule has 0 radical (unpaired) electrons. The van der Waals surface area contributed by atoms with Gasteiger partial charge in [0.05, 0.1) is 12.5 Å². The number of benzene rings is 2. The third kappa shape index (κ3) is 3.87. The molecule has 5 heteroatoms. The number of aryl methyl sites for hydroxylation is 2. The van der Waals surface area contributed by atoms with E-state index >= 15 is 0 Å². The maximum Gasteiger partial charge on any atom is 0.229 e. The minimum absolute atomic E-state index is 0.00876. The first-order chi connectivity index (χ1) is 12.5. The number of nitrogens with one attached hydrogen (secondary N) is 1. The number of amides is 2. The molecule has 1 atom stereocenters. The summed E-state index contributed by atoms with van der Waals surface area (Å²) in [5.41, 5.74) is 3.74. The SMILES string of the molecule is CCOc1ccc(NC(=O)[C@@H]2CC(=O)N(c3cc(C)ccc3C)C2)cc1. The van der Waals surface area contributed by atoms with E-state index in [0.717, 1.165) is 22.6 Å². The highest BCUT2D eigenvalue weighted by Gasteiger charge is 2.35. The van der Waals surface area contributed by atoms with Gasteiger partial charge < -0.3 is 15.0 Å². The Kier molecular flexibility index (Phi) is 5.26. The van der Waals surface area contributed by atoms with E-state index in [1.807, 2.05) is 63.2 Å². The fraction of sp³-hybridized carbons (Fsp3) is 0.333. The number of hydrogen-bond acceptors (Lipinski definition) is 3. The van der Waals surface area contributed by atoms with Crippen molar-refractivity contribution in [2.75, 3.05) is 23.4 Å². The molecule has 5 nitrogen and oxygen atoms in total. The van der Waals surface area contributed by atoms with Crippen molar-refractivity contribution < 1.29 is 14.3 Å². The lowest BCUT2D eigenvalue weighted by Crippen LogP contribution is -2.28. The molecule has 1 aliphatic rings. The third-order valence-corrected chi connectivity index (χ3v) is 4.58. The topological polar surface area (TPSA) is 58.6 Å². The van der Waals surface area contributed by atoms with Crippen molar-refractivity contribution in [2.24, 2.45) is 5.92 Å². The number of ether oxygens (including phenoxy) is 1. The summed E-state index contributed by atoms with van der Waals surface area (Å²) < 4.78 is 5.40. The molecule has 1 saturated heterocycles. The lowest BCUT2D eigenvalue weighted by molar-refractivity contribution is -0.122. The Hall–Kier alpha value is -2.82. The smallest absolute Gasteiger partial charge is 0.229 e. The first kappa shape index (κ1) is 18.0. The third-order valence-electron chi connectivity index (χ3n) is 4.58. The zero-order valence-corrected chi connectivity index (χ0v) is 15.4. The zero-order valence-electron chi connectivity index (χ0n) is 15.4. The second-order valence-corrected chi connectivity index (χ2v) is 6.64. The molecule has 0 aromatic heterocycles. The number of anilines is 2. The van der Waals surface area contributed by atoms with Crippen LogP contribution in [0.3, 0.4) is 0 Å². The van der Waals surface area contributed by atoms with Gasteiger partial charge in [-0.1, -0.05) is 12.1 Å². The van der Waals surface area contributed by atoms with Crippen molar-refractivity contribution in [1.29, 1.82) is 0 Å². The molecule has 1 heterocycles. The Labute approximate surface area is 154 Å². The number of carbonyl (C=O) groups is 2. The number of carbonyl (C=O) groups excluding carboxylic acids is 2. The van der Waals surface area contributed by atoms with Crippen molar-refractivity contribution in [2.45, 2.75) is 27.2 Å². The van der Waals surface area contributed by atoms with Gasteiger partial charge in [-0.25, -0.2) is 0 Å². The van der Waals surface area contributed by atoms with Crippen molar-refractivity contribution in [3.05, 3.63) is 53.6 Å². The van der Waals surface area contributed by atoms with Gasteiger partial charge in [-0.3, -0.25) is 9.59 Å². The highest BCUT2D eigenvalue weighted by Crippen LogP contribution is 2.29. The second kappa shape index (κ2) is 7.60.